The maximum absolute atomic E-state index is 14.1. The van der Waals surface area contributed by atoms with Crippen LogP contribution in [0.2, 0.25) is 5.02 Å². The van der Waals surface area contributed by atoms with Crippen molar-refractivity contribution in [3.63, 3.8) is 0 Å². The Bertz CT molecular complexity index is 1920. The molecule has 0 radical (unpaired) electrons. The quantitative estimate of drug-likeness (QED) is 0.0797. The van der Waals surface area contributed by atoms with Gasteiger partial charge in [-0.3, -0.25) is 24.1 Å². The molecule has 0 spiro atoms. The Hall–Kier alpha value is -4.70. The summed E-state index contributed by atoms with van der Waals surface area (Å²) in [7, 11) is 0. The van der Waals surface area contributed by atoms with Crippen molar-refractivity contribution in [3.8, 4) is 5.75 Å². The van der Waals surface area contributed by atoms with Gasteiger partial charge in [-0.25, -0.2) is 9.69 Å². The van der Waals surface area contributed by atoms with E-state index in [1.54, 1.807) is 57.2 Å². The van der Waals surface area contributed by atoms with Crippen LogP contribution in [0.15, 0.2) is 66.7 Å². The van der Waals surface area contributed by atoms with Crippen LogP contribution >= 0.6 is 11.6 Å². The van der Waals surface area contributed by atoms with Crippen molar-refractivity contribution < 1.29 is 28.7 Å². The highest BCUT2D eigenvalue weighted by Gasteiger charge is 2.53. The van der Waals surface area contributed by atoms with E-state index in [2.05, 4.69) is 64.3 Å². The summed E-state index contributed by atoms with van der Waals surface area (Å²) in [6.45, 7) is 20.4. The number of anilines is 3. The van der Waals surface area contributed by atoms with E-state index in [1.807, 2.05) is 13.0 Å². The zero-order chi connectivity index (χ0) is 41.6. The molecule has 3 aromatic rings. The van der Waals surface area contributed by atoms with E-state index in [4.69, 9.17) is 16.3 Å². The topological polar surface area (TPSA) is 125 Å². The number of ketones is 1. The average molecular weight is 787 g/mol. The molecular formula is C45H59ClN4O6. The van der Waals surface area contributed by atoms with Gasteiger partial charge in [0.15, 0.2) is 11.8 Å². The lowest BCUT2D eigenvalue weighted by atomic mass is 9.76. The first-order chi connectivity index (χ1) is 26.3. The number of amides is 5. The van der Waals surface area contributed by atoms with Crippen molar-refractivity contribution in [2.45, 2.75) is 131 Å². The third-order valence-corrected chi connectivity index (χ3v) is 11.2. The van der Waals surface area contributed by atoms with Crippen LogP contribution in [0, 0.1) is 5.41 Å². The molecule has 1 saturated heterocycles. The minimum absolute atomic E-state index is 0.0411. The van der Waals surface area contributed by atoms with Crippen LogP contribution in [0.25, 0.3) is 0 Å². The summed E-state index contributed by atoms with van der Waals surface area (Å²) in [6.07, 6.45) is 3.54. The molecule has 1 fully saturated rings. The minimum Gasteiger partial charge on any atom is -0.493 e. The molecule has 56 heavy (non-hydrogen) atoms. The SMILES string of the molecule is CCCC1C(=O)N(C(C(=O)Nc2cc(NC(=O)CCCOc3ccc(C(C)(C)CC)cc3C(C)(C)CC)ccc2Cl)C(=O)C(C)(C)C)C(=O)N1c1ccccc1. The molecule has 3 aromatic carbocycles. The molecule has 1 aliphatic heterocycles. The first-order valence-corrected chi connectivity index (χ1v) is 20.1. The maximum atomic E-state index is 14.1. The van der Waals surface area contributed by atoms with Crippen LogP contribution in [-0.4, -0.2) is 53.1 Å². The van der Waals surface area contributed by atoms with E-state index < -0.39 is 41.1 Å². The Morgan fingerprint density at radius 2 is 1.50 bits per heavy atom. The molecule has 5 amide bonds. The van der Waals surface area contributed by atoms with Crippen LogP contribution in [0.5, 0.6) is 5.75 Å². The second kappa shape index (κ2) is 18.0. The average Bonchev–Trinajstić information content (AvgIpc) is 3.39. The third kappa shape index (κ3) is 9.99. The van der Waals surface area contributed by atoms with Crippen LogP contribution < -0.4 is 20.3 Å². The first-order valence-electron chi connectivity index (χ1n) is 19.7. The number of urea groups is 1. The fraction of sp³-hybridized carbons (Fsp3) is 0.489. The van der Waals surface area contributed by atoms with Crippen LogP contribution in [0.1, 0.15) is 119 Å². The number of halogens is 1. The van der Waals surface area contributed by atoms with Crippen LogP contribution in [0.3, 0.4) is 0 Å². The van der Waals surface area contributed by atoms with Crippen molar-refractivity contribution in [2.24, 2.45) is 5.41 Å². The van der Waals surface area contributed by atoms with Crippen molar-refractivity contribution >= 4 is 58.2 Å². The van der Waals surface area contributed by atoms with Gasteiger partial charge in [-0.15, -0.1) is 0 Å². The van der Waals surface area contributed by atoms with Gasteiger partial charge < -0.3 is 15.4 Å². The van der Waals surface area contributed by atoms with Crippen molar-refractivity contribution in [1.29, 1.82) is 0 Å². The molecule has 0 bridgehead atoms. The van der Waals surface area contributed by atoms with Gasteiger partial charge in [-0.1, -0.05) is 118 Å². The zero-order valence-electron chi connectivity index (χ0n) is 34.7. The van der Waals surface area contributed by atoms with Gasteiger partial charge in [0.05, 0.1) is 17.3 Å². The van der Waals surface area contributed by atoms with Crippen LogP contribution in [0.4, 0.5) is 21.9 Å². The van der Waals surface area contributed by atoms with Crippen molar-refractivity contribution in [3.05, 3.63) is 82.9 Å². The Balaban J connectivity index is 1.48. The number of para-hydroxylation sites is 1. The summed E-state index contributed by atoms with van der Waals surface area (Å²) < 4.78 is 6.25. The van der Waals surface area contributed by atoms with Gasteiger partial charge in [0.1, 0.15) is 11.8 Å². The maximum Gasteiger partial charge on any atom is 0.333 e. The number of ether oxygens (including phenoxy) is 1. The fourth-order valence-corrected chi connectivity index (χ4v) is 6.72. The van der Waals surface area contributed by atoms with E-state index in [0.717, 1.165) is 29.1 Å². The van der Waals surface area contributed by atoms with Gasteiger partial charge in [-0.2, -0.15) is 0 Å². The summed E-state index contributed by atoms with van der Waals surface area (Å²) in [5.41, 5.74) is 2.24. The zero-order valence-corrected chi connectivity index (χ0v) is 35.4. The van der Waals surface area contributed by atoms with E-state index in [9.17, 15) is 24.0 Å². The molecular weight excluding hydrogens is 728 g/mol. The lowest BCUT2D eigenvalue weighted by Crippen LogP contribution is -2.55. The van der Waals surface area contributed by atoms with E-state index in [0.29, 0.717) is 37.2 Å². The number of benzene rings is 3. The van der Waals surface area contributed by atoms with Gasteiger partial charge in [-0.05, 0) is 78.5 Å². The molecule has 0 aromatic heterocycles. The number of Topliss-reactive ketones (excluding diaryl/α,β-unsaturated/α-hetero) is 1. The molecule has 1 heterocycles. The normalized spacial score (nSPS) is 15.5. The van der Waals surface area contributed by atoms with Crippen LogP contribution in [-0.2, 0) is 30.0 Å². The van der Waals surface area contributed by atoms with Gasteiger partial charge >= 0.3 is 6.03 Å². The fourth-order valence-electron chi connectivity index (χ4n) is 6.56. The summed E-state index contributed by atoms with van der Waals surface area (Å²) >= 11 is 6.51. The van der Waals surface area contributed by atoms with Crippen molar-refractivity contribution in [2.75, 3.05) is 22.1 Å². The molecule has 0 saturated carbocycles. The number of hydrogen-bond acceptors (Lipinski definition) is 6. The lowest BCUT2D eigenvalue weighted by molar-refractivity contribution is -0.143. The number of carbonyl (C=O) groups is 5. The van der Waals surface area contributed by atoms with Gasteiger partial charge in [0, 0.05) is 28.8 Å². The Kier molecular flexibility index (Phi) is 14.2. The monoisotopic (exact) mass is 786 g/mol. The predicted octanol–water partition coefficient (Wildman–Crippen LogP) is 10.1. The molecule has 10 nitrogen and oxygen atoms in total. The number of nitrogens with zero attached hydrogens (tertiary/aromatic N) is 2. The summed E-state index contributed by atoms with van der Waals surface area (Å²) in [4.78, 5) is 71.2. The highest BCUT2D eigenvalue weighted by Crippen LogP contribution is 2.39. The second-order valence-electron chi connectivity index (χ2n) is 16.9. The predicted molar refractivity (Wildman–Crippen MR) is 225 cm³/mol. The number of hydrogen-bond donors (Lipinski definition) is 2. The minimum atomic E-state index is -1.77. The molecule has 2 atom stereocenters. The van der Waals surface area contributed by atoms with Gasteiger partial charge in [0.25, 0.3) is 11.8 Å². The highest BCUT2D eigenvalue weighted by atomic mass is 35.5. The largest absolute Gasteiger partial charge is 0.493 e. The summed E-state index contributed by atoms with van der Waals surface area (Å²) in [5.74, 6) is -1.58. The summed E-state index contributed by atoms with van der Waals surface area (Å²) in [6, 6.07) is 16.3. The summed E-state index contributed by atoms with van der Waals surface area (Å²) in [5, 5.41) is 5.67. The van der Waals surface area contributed by atoms with Gasteiger partial charge in [0.2, 0.25) is 5.91 Å². The van der Waals surface area contributed by atoms with Crippen molar-refractivity contribution in [1.82, 2.24) is 4.90 Å². The number of nitrogens with one attached hydrogen (secondary N) is 2. The lowest BCUT2D eigenvalue weighted by Gasteiger charge is -2.30. The Morgan fingerprint density at radius 3 is 2.11 bits per heavy atom. The molecule has 2 unspecified atom stereocenters. The molecule has 4 rings (SSSR count). The van der Waals surface area contributed by atoms with E-state index in [-0.39, 0.29) is 33.9 Å². The highest BCUT2D eigenvalue weighted by molar-refractivity contribution is 6.34. The molecule has 302 valence electrons. The number of rotatable bonds is 17. The molecule has 1 aliphatic rings. The third-order valence-electron chi connectivity index (χ3n) is 10.9. The van der Waals surface area contributed by atoms with E-state index in [1.165, 1.54) is 22.6 Å². The molecule has 2 N–H and O–H groups in total. The standard InChI is InChI=1S/C45H59ClN4O6/c1-11-18-35-41(54)50(42(55)49(35)31-19-15-14-16-20-31)38(39(52)43(4,5)6)40(53)48-34-28-30(23-24-33(34)46)47-37(51)21-17-26-56-36-25-22-29(44(7,8)12-2)27-32(36)45(9,10)13-3/h14-16,19-20,22-25,27-28,35,38H,11-13,17-18,21,26H2,1-10H3,(H,47,51)(H,48,53). The Morgan fingerprint density at radius 1 is 0.839 bits per heavy atom. The molecule has 0 aliphatic carbocycles. The van der Waals surface area contributed by atoms with E-state index >= 15 is 0 Å². The number of imide groups is 1. The second-order valence-corrected chi connectivity index (χ2v) is 17.3. The Labute approximate surface area is 337 Å². The number of carbonyl (C=O) groups excluding carboxylic acids is 5. The first kappa shape index (κ1) is 44.0. The molecule has 11 heteroatoms. The smallest absolute Gasteiger partial charge is 0.333 e.